The number of hydrogen-bond acceptors (Lipinski definition) is 5. The van der Waals surface area contributed by atoms with Gasteiger partial charge in [-0.3, -0.25) is 4.79 Å². The van der Waals surface area contributed by atoms with Crippen LogP contribution in [-0.4, -0.2) is 36.7 Å². The Labute approximate surface area is 136 Å². The van der Waals surface area contributed by atoms with Crippen molar-refractivity contribution < 1.29 is 24.2 Å². The molecular weight excluding hydrogens is 320 g/mol. The van der Waals surface area contributed by atoms with Crippen molar-refractivity contribution in [2.24, 2.45) is 0 Å². The molecule has 1 aromatic heterocycles. The van der Waals surface area contributed by atoms with Crippen molar-refractivity contribution >= 4 is 45.1 Å². The highest BCUT2D eigenvalue weighted by Crippen LogP contribution is 2.32. The summed E-state index contributed by atoms with van der Waals surface area (Å²) in [6.07, 6.45) is 0.363. The zero-order chi connectivity index (χ0) is 16.8. The molecular formula is C15H16N2O5S. The molecule has 2 aromatic rings. The van der Waals surface area contributed by atoms with E-state index < -0.39 is 18.0 Å². The number of carboxylic acids is 1. The van der Waals surface area contributed by atoms with Crippen molar-refractivity contribution in [2.45, 2.75) is 12.8 Å². The number of esters is 1. The Hall–Kier alpha value is -2.61. The lowest BCUT2D eigenvalue weighted by Gasteiger charge is -2.07. The molecule has 1 heterocycles. The molecule has 0 saturated heterocycles. The summed E-state index contributed by atoms with van der Waals surface area (Å²) >= 11 is 1.24. The van der Waals surface area contributed by atoms with Gasteiger partial charge in [0.25, 0.3) is 0 Å². The smallest absolute Gasteiger partial charge is 0.348 e. The first-order valence-corrected chi connectivity index (χ1v) is 7.70. The van der Waals surface area contributed by atoms with Crippen LogP contribution in [0.5, 0.6) is 0 Å². The molecule has 0 unspecified atom stereocenters. The van der Waals surface area contributed by atoms with Gasteiger partial charge in [-0.2, -0.15) is 0 Å². The molecule has 2 amide bonds. The third-order valence-corrected chi connectivity index (χ3v) is 4.20. The maximum Gasteiger partial charge on any atom is 0.348 e. The highest BCUT2D eigenvalue weighted by atomic mass is 32.1. The van der Waals surface area contributed by atoms with Crippen molar-refractivity contribution in [3.8, 4) is 0 Å². The minimum Gasteiger partial charge on any atom is -0.481 e. The predicted molar refractivity (Wildman–Crippen MR) is 87.1 cm³/mol. The number of nitrogens with one attached hydrogen (secondary N) is 2. The number of hydrogen-bond donors (Lipinski definition) is 3. The van der Waals surface area contributed by atoms with Gasteiger partial charge in [0.2, 0.25) is 0 Å². The Bertz CT molecular complexity index is 741. The largest absolute Gasteiger partial charge is 0.481 e. The number of aliphatic carboxylic acids is 1. The monoisotopic (exact) mass is 336 g/mol. The number of thiophene rings is 1. The molecule has 0 aliphatic carbocycles. The van der Waals surface area contributed by atoms with E-state index in [9.17, 15) is 14.4 Å². The van der Waals surface area contributed by atoms with E-state index >= 15 is 0 Å². The summed E-state index contributed by atoms with van der Waals surface area (Å²) < 4.78 is 5.47. The Morgan fingerprint density at radius 3 is 2.78 bits per heavy atom. The minimum atomic E-state index is -0.897. The Kier molecular flexibility index (Phi) is 5.53. The van der Waals surface area contributed by atoms with E-state index in [0.717, 1.165) is 10.1 Å². The van der Waals surface area contributed by atoms with Crippen molar-refractivity contribution in [3.63, 3.8) is 0 Å². The van der Waals surface area contributed by atoms with Gasteiger partial charge in [0.05, 0.1) is 17.5 Å². The number of urea groups is 1. The maximum atomic E-state index is 11.8. The van der Waals surface area contributed by atoms with E-state index in [4.69, 9.17) is 9.84 Å². The van der Waals surface area contributed by atoms with Crippen LogP contribution in [0.25, 0.3) is 10.1 Å². The average molecular weight is 336 g/mol. The highest BCUT2D eigenvalue weighted by molar-refractivity contribution is 7.21. The number of carboxylic acid groups (broad SMARTS) is 1. The molecule has 7 nitrogen and oxygen atoms in total. The second kappa shape index (κ2) is 7.59. The van der Waals surface area contributed by atoms with Gasteiger partial charge in [-0.1, -0.05) is 12.1 Å². The van der Waals surface area contributed by atoms with Crippen LogP contribution in [0.15, 0.2) is 24.3 Å². The molecule has 0 atom stereocenters. The van der Waals surface area contributed by atoms with Crippen molar-refractivity contribution in [2.75, 3.05) is 19.0 Å². The number of amides is 2. The molecule has 122 valence electrons. The minimum absolute atomic E-state index is 0.00325. The molecule has 0 saturated carbocycles. The van der Waals surface area contributed by atoms with Crippen LogP contribution in [0.3, 0.4) is 0 Å². The number of methoxy groups -OCH3 is 1. The second-order valence-corrected chi connectivity index (χ2v) is 5.76. The third-order valence-electron chi connectivity index (χ3n) is 3.03. The summed E-state index contributed by atoms with van der Waals surface area (Å²) in [5, 5.41) is 14.7. The van der Waals surface area contributed by atoms with E-state index in [0.29, 0.717) is 17.0 Å². The van der Waals surface area contributed by atoms with Crippen LogP contribution in [0.2, 0.25) is 0 Å². The fourth-order valence-electron chi connectivity index (χ4n) is 1.97. The van der Waals surface area contributed by atoms with Crippen molar-refractivity contribution in [3.05, 3.63) is 29.1 Å². The maximum absolute atomic E-state index is 11.8. The molecule has 0 bridgehead atoms. The summed E-state index contributed by atoms with van der Waals surface area (Å²) in [5.74, 6) is -1.32. The van der Waals surface area contributed by atoms with Gasteiger partial charge in [-0.05, 0) is 23.9 Å². The molecule has 0 aliphatic rings. The SMILES string of the molecule is COC(=O)c1cc2cccc(NC(=O)NCCCC(=O)O)c2s1. The summed E-state index contributed by atoms with van der Waals surface area (Å²) in [4.78, 5) is 34.3. The van der Waals surface area contributed by atoms with Crippen molar-refractivity contribution in [1.29, 1.82) is 0 Å². The fraction of sp³-hybridized carbons (Fsp3) is 0.267. The molecule has 23 heavy (non-hydrogen) atoms. The average Bonchev–Trinajstić information content (AvgIpc) is 2.96. The van der Waals surface area contributed by atoms with Crippen LogP contribution in [0, 0.1) is 0 Å². The second-order valence-electron chi connectivity index (χ2n) is 4.70. The van der Waals surface area contributed by atoms with E-state index in [1.54, 1.807) is 18.2 Å². The van der Waals surface area contributed by atoms with E-state index in [-0.39, 0.29) is 13.0 Å². The molecule has 0 fully saturated rings. The number of benzene rings is 1. The van der Waals surface area contributed by atoms with Gasteiger partial charge in [0.1, 0.15) is 4.88 Å². The highest BCUT2D eigenvalue weighted by Gasteiger charge is 2.13. The summed E-state index contributed by atoms with van der Waals surface area (Å²) in [6, 6.07) is 6.64. The lowest BCUT2D eigenvalue weighted by Crippen LogP contribution is -2.29. The first-order valence-electron chi connectivity index (χ1n) is 6.89. The molecule has 2 rings (SSSR count). The number of ether oxygens (including phenoxy) is 1. The Balaban J connectivity index is 2.04. The zero-order valence-electron chi connectivity index (χ0n) is 12.4. The Morgan fingerprint density at radius 1 is 1.30 bits per heavy atom. The van der Waals surface area contributed by atoms with Gasteiger partial charge < -0.3 is 20.5 Å². The topological polar surface area (TPSA) is 105 Å². The lowest BCUT2D eigenvalue weighted by atomic mass is 10.2. The first kappa shape index (κ1) is 16.8. The lowest BCUT2D eigenvalue weighted by molar-refractivity contribution is -0.137. The zero-order valence-corrected chi connectivity index (χ0v) is 13.2. The molecule has 0 aliphatic heterocycles. The Morgan fingerprint density at radius 2 is 2.09 bits per heavy atom. The summed E-state index contributed by atoms with van der Waals surface area (Å²) in [5.41, 5.74) is 0.582. The molecule has 1 aromatic carbocycles. The van der Waals surface area contributed by atoms with Gasteiger partial charge in [-0.25, -0.2) is 9.59 Å². The molecule has 3 N–H and O–H groups in total. The van der Waals surface area contributed by atoms with Gasteiger partial charge >= 0.3 is 18.0 Å². The number of carbonyl (C=O) groups excluding carboxylic acids is 2. The van der Waals surface area contributed by atoms with Crippen LogP contribution in [0.1, 0.15) is 22.5 Å². The molecule has 0 radical (unpaired) electrons. The number of carbonyl (C=O) groups is 3. The van der Waals surface area contributed by atoms with E-state index in [1.807, 2.05) is 6.07 Å². The third kappa shape index (κ3) is 4.43. The number of rotatable bonds is 6. The summed E-state index contributed by atoms with van der Waals surface area (Å²) in [7, 11) is 1.32. The molecule has 8 heteroatoms. The standard InChI is InChI=1S/C15H16N2O5S/c1-22-14(20)11-8-9-4-2-5-10(13(9)23-11)17-15(21)16-7-3-6-12(18)19/h2,4-5,8H,3,6-7H2,1H3,(H,18,19)(H2,16,17,21). The van der Waals surface area contributed by atoms with Crippen LogP contribution >= 0.6 is 11.3 Å². The predicted octanol–water partition coefficient (Wildman–Crippen LogP) is 2.67. The van der Waals surface area contributed by atoms with Crippen LogP contribution < -0.4 is 10.6 Å². The van der Waals surface area contributed by atoms with Gasteiger partial charge in [0.15, 0.2) is 0 Å². The number of anilines is 1. The number of fused-ring (bicyclic) bond motifs is 1. The van der Waals surface area contributed by atoms with Crippen LogP contribution in [0.4, 0.5) is 10.5 Å². The quantitative estimate of drug-likeness (QED) is 0.556. The fourth-order valence-corrected chi connectivity index (χ4v) is 3.02. The van der Waals surface area contributed by atoms with Crippen molar-refractivity contribution in [1.82, 2.24) is 5.32 Å². The van der Waals surface area contributed by atoms with Gasteiger partial charge in [0, 0.05) is 13.0 Å². The first-order chi connectivity index (χ1) is 11.0. The molecule has 0 spiro atoms. The van der Waals surface area contributed by atoms with E-state index in [2.05, 4.69) is 10.6 Å². The van der Waals surface area contributed by atoms with Gasteiger partial charge in [-0.15, -0.1) is 11.3 Å². The normalized spacial score (nSPS) is 10.3. The van der Waals surface area contributed by atoms with E-state index in [1.165, 1.54) is 18.4 Å². The summed E-state index contributed by atoms with van der Waals surface area (Å²) in [6.45, 7) is 0.270. The van der Waals surface area contributed by atoms with Crippen LogP contribution in [-0.2, 0) is 9.53 Å².